The van der Waals surface area contributed by atoms with Gasteiger partial charge in [0.25, 0.3) is 0 Å². The van der Waals surface area contributed by atoms with Crippen molar-refractivity contribution in [1.29, 1.82) is 0 Å². The van der Waals surface area contributed by atoms with Gasteiger partial charge in [-0.3, -0.25) is 0 Å². The van der Waals surface area contributed by atoms with Crippen molar-refractivity contribution >= 4 is 47.4 Å². The van der Waals surface area contributed by atoms with Crippen LogP contribution in [-0.4, -0.2) is 45.4 Å². The maximum Gasteiger partial charge on any atom is 2.00 e. The Kier molecular flexibility index (Phi) is 15.9. The van der Waals surface area contributed by atoms with Gasteiger partial charge in [0.15, 0.2) is 0 Å². The van der Waals surface area contributed by atoms with Crippen LogP contribution in [-0.2, 0) is 16.5 Å². The predicted octanol–water partition coefficient (Wildman–Crippen LogP) is 4.52. The van der Waals surface area contributed by atoms with Crippen molar-refractivity contribution in [2.75, 3.05) is 0 Å². The van der Waals surface area contributed by atoms with Crippen LogP contribution in [0.15, 0.2) is 115 Å². The molecule has 2 heterocycles. The van der Waals surface area contributed by atoms with Crippen LogP contribution in [0.5, 0.6) is 0 Å². The van der Waals surface area contributed by atoms with Gasteiger partial charge in [-0.05, 0) is 72.8 Å². The zero-order valence-electron chi connectivity index (χ0n) is 18.8. The van der Waals surface area contributed by atoms with E-state index in [1.54, 1.807) is 85.3 Å². The van der Waals surface area contributed by atoms with E-state index in [1.807, 2.05) is 0 Å². The number of hydrogen-bond donors (Lipinski definition) is 0. The van der Waals surface area contributed by atoms with Crippen molar-refractivity contribution in [3.63, 3.8) is 0 Å². The average molecular weight is 592 g/mol. The van der Waals surface area contributed by atoms with Gasteiger partial charge in [-0.15, -0.1) is 10.2 Å². The second-order valence-electron chi connectivity index (χ2n) is 6.43. The minimum absolute atomic E-state index is 0. The first kappa shape index (κ1) is 33.3. The Bertz CT molecular complexity index is 1170. The van der Waals surface area contributed by atoms with Crippen LogP contribution in [0.25, 0.3) is 0 Å². The summed E-state index contributed by atoms with van der Waals surface area (Å²) in [6.45, 7) is 0. The molecule has 2 aromatic carbocycles. The van der Waals surface area contributed by atoms with Gasteiger partial charge in [0.1, 0.15) is 11.5 Å². The standard InChI is InChI=1S/2C12H9ClN2O2.Ni.2H2O/c2*13-10-5-3-9(4-6-10)12(16)15-14-8-11-2-1-7-17-11;;;/h2*1-8H,(H,15,16);;2*1H2/q;;+2;;. The Hall–Kier alpha value is -3.73. The normalized spacial score (nSPS) is 11.2. The smallest absolute Gasteiger partial charge is 0.870 e. The van der Waals surface area contributed by atoms with Gasteiger partial charge in [-0.25, -0.2) is 0 Å². The molecule has 196 valence electrons. The van der Waals surface area contributed by atoms with Gasteiger partial charge in [-0.1, -0.05) is 33.4 Å². The summed E-state index contributed by atoms with van der Waals surface area (Å²) in [6.07, 6.45) is 5.99. The first-order valence-corrected chi connectivity index (χ1v) is 10.5. The summed E-state index contributed by atoms with van der Waals surface area (Å²) in [5, 5.41) is 31.6. The zero-order chi connectivity index (χ0) is 24.2. The summed E-state index contributed by atoms with van der Waals surface area (Å²) in [7, 11) is 0. The Morgan fingerprint density at radius 2 is 0.973 bits per heavy atom. The number of halogens is 2. The first-order valence-electron chi connectivity index (χ1n) is 9.75. The summed E-state index contributed by atoms with van der Waals surface area (Å²) in [5.41, 5.74) is 1.32. The Morgan fingerprint density at radius 3 is 1.27 bits per heavy atom. The third-order valence-corrected chi connectivity index (χ3v) is 4.51. The molecular weight excluding hydrogens is 570 g/mol. The fourth-order valence-corrected chi connectivity index (χ4v) is 2.60. The first-order chi connectivity index (χ1) is 16.5. The van der Waals surface area contributed by atoms with Crippen LogP contribution in [0.4, 0.5) is 0 Å². The SMILES string of the molecule is [Ni+2].[OH-].[OH-].[OH2+]C(=NN=Cc1ccco1)c1ccc(Cl)cc1.[OH2+]C(=NN=Cc1ccco1)c1ccc(Cl)cc1. The van der Waals surface area contributed by atoms with E-state index in [2.05, 4.69) is 20.4 Å². The van der Waals surface area contributed by atoms with E-state index >= 15 is 0 Å². The minimum Gasteiger partial charge on any atom is -0.870 e. The van der Waals surface area contributed by atoms with E-state index in [4.69, 9.17) is 42.2 Å². The van der Waals surface area contributed by atoms with Crippen molar-refractivity contribution in [1.82, 2.24) is 0 Å². The third kappa shape index (κ3) is 11.7. The Morgan fingerprint density at radius 1 is 0.622 bits per heavy atom. The number of benzene rings is 2. The van der Waals surface area contributed by atoms with Gasteiger partial charge >= 0.3 is 28.3 Å². The molecule has 0 saturated carbocycles. The van der Waals surface area contributed by atoms with Crippen LogP contribution in [0.3, 0.4) is 0 Å². The molecule has 0 fully saturated rings. The molecule has 37 heavy (non-hydrogen) atoms. The van der Waals surface area contributed by atoms with E-state index in [0.29, 0.717) is 32.7 Å². The summed E-state index contributed by atoms with van der Waals surface area (Å²) in [6, 6.07) is 20.7. The molecule has 0 spiro atoms. The van der Waals surface area contributed by atoms with Crippen molar-refractivity contribution in [2.45, 2.75) is 0 Å². The molecule has 4 aromatic rings. The topological polar surface area (TPSA) is 182 Å². The Labute approximate surface area is 231 Å². The quantitative estimate of drug-likeness (QED) is 0.105. The molecule has 13 heteroatoms. The summed E-state index contributed by atoms with van der Waals surface area (Å²) in [4.78, 5) is 0. The molecule has 0 amide bonds. The van der Waals surface area contributed by atoms with Crippen LogP contribution in [0.1, 0.15) is 22.6 Å². The predicted molar refractivity (Wildman–Crippen MR) is 140 cm³/mol. The second kappa shape index (κ2) is 17.7. The van der Waals surface area contributed by atoms with Crippen LogP contribution >= 0.6 is 23.2 Å². The fraction of sp³-hybridized carbons (Fsp3) is 0. The molecule has 0 unspecified atom stereocenters. The third-order valence-electron chi connectivity index (χ3n) is 4.01. The van der Waals surface area contributed by atoms with Crippen molar-refractivity contribution in [3.05, 3.63) is 118 Å². The molecule has 0 saturated heterocycles. The molecule has 0 bridgehead atoms. The number of rotatable bonds is 6. The molecule has 2 aromatic heterocycles. The average Bonchev–Trinajstić information content (AvgIpc) is 3.55. The van der Waals surface area contributed by atoms with Crippen molar-refractivity contribution < 1.29 is 46.5 Å². The summed E-state index contributed by atoms with van der Waals surface area (Å²) >= 11 is 11.5. The monoisotopic (exact) mass is 590 g/mol. The molecule has 4 rings (SSSR count). The van der Waals surface area contributed by atoms with Crippen molar-refractivity contribution in [3.8, 4) is 0 Å². The van der Waals surface area contributed by atoms with Crippen LogP contribution in [0.2, 0.25) is 10.0 Å². The van der Waals surface area contributed by atoms with Gasteiger partial charge in [0.2, 0.25) is 0 Å². The van der Waals surface area contributed by atoms with E-state index in [1.165, 1.54) is 12.4 Å². The van der Waals surface area contributed by atoms with E-state index in [0.717, 1.165) is 0 Å². The number of nitrogens with zero attached hydrogens (tertiary/aromatic N) is 4. The fourth-order valence-electron chi connectivity index (χ4n) is 2.35. The van der Waals surface area contributed by atoms with Crippen LogP contribution in [0, 0.1) is 0 Å². The molecule has 0 aliphatic carbocycles. The number of furan rings is 2. The molecule has 6 N–H and O–H groups in total. The van der Waals surface area contributed by atoms with Gasteiger partial charge in [0, 0.05) is 10.0 Å². The summed E-state index contributed by atoms with van der Waals surface area (Å²) < 4.78 is 10.1. The molecule has 0 aliphatic rings. The number of hydrogen-bond acceptors (Lipinski definition) is 8. The maximum atomic E-state index is 7.67. The van der Waals surface area contributed by atoms with E-state index in [-0.39, 0.29) is 39.2 Å². The van der Waals surface area contributed by atoms with Crippen molar-refractivity contribution in [2.24, 2.45) is 20.4 Å². The maximum absolute atomic E-state index is 7.67. The molecule has 0 atom stereocenters. The molecule has 0 aliphatic heterocycles. The summed E-state index contributed by atoms with van der Waals surface area (Å²) in [5.74, 6) is 1.34. The van der Waals surface area contributed by atoms with E-state index in [9.17, 15) is 0 Å². The van der Waals surface area contributed by atoms with Gasteiger partial charge in [-0.2, -0.15) is 0 Å². The molecule has 0 radical (unpaired) electrons. The van der Waals surface area contributed by atoms with Gasteiger partial charge < -0.3 is 30.0 Å². The zero-order valence-corrected chi connectivity index (χ0v) is 21.3. The van der Waals surface area contributed by atoms with E-state index < -0.39 is 0 Å². The minimum atomic E-state index is 0. The van der Waals surface area contributed by atoms with Crippen LogP contribution < -0.4 is 0 Å². The Balaban J connectivity index is 0.000000648. The second-order valence-corrected chi connectivity index (χ2v) is 7.30. The van der Waals surface area contributed by atoms with Gasteiger partial charge in [0.05, 0.1) is 36.1 Å². The molecular formula is C24H22Cl2N4NiO6+2. The largest absolute Gasteiger partial charge is 2.00 e. The molecule has 10 nitrogen and oxygen atoms in total.